The van der Waals surface area contributed by atoms with Gasteiger partial charge in [0.2, 0.25) is 5.91 Å². The molecule has 28 heavy (non-hydrogen) atoms. The lowest BCUT2D eigenvalue weighted by molar-refractivity contribution is -0.133. The Labute approximate surface area is 167 Å². The summed E-state index contributed by atoms with van der Waals surface area (Å²) in [6, 6.07) is 12.7. The second-order valence-corrected chi connectivity index (χ2v) is 8.45. The number of aromatic nitrogens is 2. The molecule has 0 unspecified atom stereocenters. The van der Waals surface area contributed by atoms with E-state index in [0.717, 1.165) is 31.1 Å². The molecule has 3 heterocycles. The van der Waals surface area contributed by atoms with Crippen LogP contribution < -0.4 is 4.90 Å². The van der Waals surface area contributed by atoms with Gasteiger partial charge in [-0.05, 0) is 51.2 Å². The number of anilines is 1. The van der Waals surface area contributed by atoms with Crippen LogP contribution >= 0.6 is 0 Å². The molecule has 2 aliphatic heterocycles. The first kappa shape index (κ1) is 18.9. The van der Waals surface area contributed by atoms with Gasteiger partial charge < -0.3 is 14.7 Å². The number of nitrogens with zero attached hydrogens (tertiary/aromatic N) is 5. The number of likely N-dealkylation sites (N-methyl/N-ethyl adjacent to an activating group) is 1. The third kappa shape index (κ3) is 3.49. The van der Waals surface area contributed by atoms with Crippen molar-refractivity contribution in [2.75, 3.05) is 45.2 Å². The Morgan fingerprint density at radius 1 is 1.07 bits per heavy atom. The van der Waals surface area contributed by atoms with Crippen molar-refractivity contribution in [3.8, 4) is 0 Å². The first-order valence-corrected chi connectivity index (χ1v) is 9.99. The smallest absolute Gasteiger partial charge is 0.237 e. The van der Waals surface area contributed by atoms with Crippen molar-refractivity contribution < 1.29 is 4.79 Å². The van der Waals surface area contributed by atoms with Gasteiger partial charge in [0.05, 0.1) is 18.3 Å². The Bertz CT molecular complexity index is 850. The number of carbonyl (C=O) groups is 1. The molecule has 6 nitrogen and oxygen atoms in total. The summed E-state index contributed by atoms with van der Waals surface area (Å²) in [6.45, 7) is 7.21. The molecule has 6 heteroatoms. The zero-order valence-electron chi connectivity index (χ0n) is 17.2. The highest BCUT2D eigenvalue weighted by molar-refractivity contribution is 5.79. The van der Waals surface area contributed by atoms with Crippen LogP contribution in [0.15, 0.2) is 36.4 Å². The third-order valence-corrected chi connectivity index (χ3v) is 6.05. The van der Waals surface area contributed by atoms with Gasteiger partial charge in [0.25, 0.3) is 0 Å². The zero-order valence-corrected chi connectivity index (χ0v) is 17.2. The van der Waals surface area contributed by atoms with E-state index in [9.17, 15) is 4.79 Å². The quantitative estimate of drug-likeness (QED) is 0.816. The SMILES string of the molecule is Cc1ccc(N2C[C@@H]3CN(C(=O)CN(C)C)[C@@H](c4ccccc4C)[C@@H]3C2)nn1. The third-order valence-electron chi connectivity index (χ3n) is 6.05. The molecule has 2 saturated heterocycles. The van der Waals surface area contributed by atoms with E-state index in [4.69, 9.17) is 0 Å². The standard InChI is InChI=1S/C22H29N5O/c1-15-7-5-6-8-18(15)22-19-13-26(20-10-9-16(2)23-24-20)11-17(19)12-27(22)21(28)14-25(3)4/h5-10,17,19,22H,11-14H2,1-4H3/t17-,19-,22+/m1/s1. The molecule has 3 atom stereocenters. The second-order valence-electron chi connectivity index (χ2n) is 8.45. The van der Waals surface area contributed by atoms with Crippen molar-refractivity contribution in [3.05, 3.63) is 53.2 Å². The van der Waals surface area contributed by atoms with Gasteiger partial charge in [-0.15, -0.1) is 5.10 Å². The number of hydrogen-bond acceptors (Lipinski definition) is 5. The van der Waals surface area contributed by atoms with Crippen LogP contribution in [0.1, 0.15) is 22.9 Å². The number of likely N-dealkylation sites (tertiary alicyclic amines) is 1. The first-order valence-electron chi connectivity index (χ1n) is 9.99. The fourth-order valence-corrected chi connectivity index (χ4v) is 4.73. The van der Waals surface area contributed by atoms with Gasteiger partial charge >= 0.3 is 0 Å². The topological polar surface area (TPSA) is 52.6 Å². The molecule has 0 radical (unpaired) electrons. The summed E-state index contributed by atoms with van der Waals surface area (Å²) in [5, 5.41) is 8.61. The van der Waals surface area contributed by atoms with E-state index in [1.807, 2.05) is 32.0 Å². The van der Waals surface area contributed by atoms with Gasteiger partial charge in [-0.1, -0.05) is 24.3 Å². The molecule has 1 aromatic heterocycles. The molecule has 0 bridgehead atoms. The fraction of sp³-hybridized carbons (Fsp3) is 0.500. The predicted molar refractivity (Wildman–Crippen MR) is 110 cm³/mol. The van der Waals surface area contributed by atoms with Crippen molar-refractivity contribution in [3.63, 3.8) is 0 Å². The van der Waals surface area contributed by atoms with Crippen LogP contribution in [0.5, 0.6) is 0 Å². The van der Waals surface area contributed by atoms with Gasteiger partial charge in [-0.3, -0.25) is 4.79 Å². The lowest BCUT2D eigenvalue weighted by Gasteiger charge is -2.31. The molecular formula is C22H29N5O. The summed E-state index contributed by atoms with van der Waals surface area (Å²) in [5.74, 6) is 2.03. The predicted octanol–water partition coefficient (Wildman–Crippen LogP) is 2.29. The van der Waals surface area contributed by atoms with E-state index in [0.29, 0.717) is 18.4 Å². The molecule has 1 amide bonds. The first-order chi connectivity index (χ1) is 13.4. The van der Waals surface area contributed by atoms with E-state index in [1.165, 1.54) is 11.1 Å². The maximum atomic E-state index is 13.0. The molecule has 148 valence electrons. The van der Waals surface area contributed by atoms with Crippen molar-refractivity contribution in [1.82, 2.24) is 20.0 Å². The van der Waals surface area contributed by atoms with Gasteiger partial charge in [-0.25, -0.2) is 0 Å². The van der Waals surface area contributed by atoms with Gasteiger partial charge in [0.15, 0.2) is 5.82 Å². The van der Waals surface area contributed by atoms with Gasteiger partial charge in [0.1, 0.15) is 0 Å². The number of benzene rings is 1. The molecule has 0 N–H and O–H groups in total. The van der Waals surface area contributed by atoms with Crippen LogP contribution in [0.2, 0.25) is 0 Å². The molecule has 1 aromatic carbocycles. The highest BCUT2D eigenvalue weighted by Crippen LogP contribution is 2.46. The molecule has 0 saturated carbocycles. The van der Waals surface area contributed by atoms with E-state index >= 15 is 0 Å². The van der Waals surface area contributed by atoms with Crippen molar-refractivity contribution in [1.29, 1.82) is 0 Å². The summed E-state index contributed by atoms with van der Waals surface area (Å²) in [7, 11) is 3.91. The Kier molecular flexibility index (Phi) is 5.06. The van der Waals surface area contributed by atoms with Crippen LogP contribution in [0.25, 0.3) is 0 Å². The molecule has 2 fully saturated rings. The number of amides is 1. The highest BCUT2D eigenvalue weighted by atomic mass is 16.2. The normalized spacial score (nSPS) is 24.1. The number of hydrogen-bond donors (Lipinski definition) is 0. The number of fused-ring (bicyclic) bond motifs is 1. The van der Waals surface area contributed by atoms with Crippen LogP contribution in [-0.2, 0) is 4.79 Å². The molecule has 4 rings (SSSR count). The minimum Gasteiger partial charge on any atom is -0.354 e. The molecule has 2 aromatic rings. The lowest BCUT2D eigenvalue weighted by atomic mass is 9.87. The number of aryl methyl sites for hydroxylation is 2. The minimum absolute atomic E-state index is 0.127. The van der Waals surface area contributed by atoms with Crippen LogP contribution in [0.4, 0.5) is 5.82 Å². The van der Waals surface area contributed by atoms with E-state index in [-0.39, 0.29) is 11.9 Å². The van der Waals surface area contributed by atoms with Crippen LogP contribution in [0.3, 0.4) is 0 Å². The maximum Gasteiger partial charge on any atom is 0.237 e. The Balaban J connectivity index is 1.63. The Morgan fingerprint density at radius 2 is 1.86 bits per heavy atom. The summed E-state index contributed by atoms with van der Waals surface area (Å²) < 4.78 is 0. The number of rotatable bonds is 4. The zero-order chi connectivity index (χ0) is 19.8. The van der Waals surface area contributed by atoms with Crippen LogP contribution in [-0.4, -0.2) is 66.2 Å². The monoisotopic (exact) mass is 379 g/mol. The van der Waals surface area contributed by atoms with E-state index in [2.05, 4.69) is 57.3 Å². The number of carbonyl (C=O) groups excluding carboxylic acids is 1. The van der Waals surface area contributed by atoms with Crippen molar-refractivity contribution in [2.24, 2.45) is 11.8 Å². The highest BCUT2D eigenvalue weighted by Gasteiger charge is 2.49. The van der Waals surface area contributed by atoms with Crippen molar-refractivity contribution in [2.45, 2.75) is 19.9 Å². The second kappa shape index (κ2) is 7.51. The summed E-state index contributed by atoms with van der Waals surface area (Å²) in [6.07, 6.45) is 0. The molecular weight excluding hydrogens is 350 g/mol. The van der Waals surface area contributed by atoms with Gasteiger partial charge in [-0.2, -0.15) is 5.10 Å². The summed E-state index contributed by atoms with van der Waals surface area (Å²) in [5.41, 5.74) is 3.46. The van der Waals surface area contributed by atoms with E-state index in [1.54, 1.807) is 0 Å². The van der Waals surface area contributed by atoms with Gasteiger partial charge in [0, 0.05) is 31.5 Å². The summed E-state index contributed by atoms with van der Waals surface area (Å²) >= 11 is 0. The van der Waals surface area contributed by atoms with E-state index < -0.39 is 0 Å². The van der Waals surface area contributed by atoms with Crippen molar-refractivity contribution >= 4 is 11.7 Å². The minimum atomic E-state index is 0.127. The largest absolute Gasteiger partial charge is 0.354 e. The molecule has 2 aliphatic rings. The average Bonchev–Trinajstić information content (AvgIpc) is 3.20. The Morgan fingerprint density at radius 3 is 2.54 bits per heavy atom. The molecule has 0 spiro atoms. The lowest BCUT2D eigenvalue weighted by Crippen LogP contribution is -2.40. The summed E-state index contributed by atoms with van der Waals surface area (Å²) in [4.78, 5) is 19.4. The fourth-order valence-electron chi connectivity index (χ4n) is 4.73. The maximum absolute atomic E-state index is 13.0. The Hall–Kier alpha value is -2.47. The van der Waals surface area contributed by atoms with Crippen LogP contribution in [0, 0.1) is 25.7 Å². The molecule has 0 aliphatic carbocycles. The average molecular weight is 380 g/mol.